The predicted molar refractivity (Wildman–Crippen MR) is 105 cm³/mol. The van der Waals surface area contributed by atoms with Gasteiger partial charge in [0.2, 0.25) is 5.91 Å². The Labute approximate surface area is 157 Å². The molecule has 1 aliphatic carbocycles. The van der Waals surface area contributed by atoms with Crippen molar-refractivity contribution in [2.75, 3.05) is 10.2 Å². The molecule has 4 nitrogen and oxygen atoms in total. The van der Waals surface area contributed by atoms with Gasteiger partial charge in [-0.1, -0.05) is 25.1 Å². The van der Waals surface area contributed by atoms with Crippen molar-refractivity contribution in [1.29, 1.82) is 0 Å². The average molecular weight is 366 g/mol. The van der Waals surface area contributed by atoms with E-state index in [1.165, 1.54) is 0 Å². The first kappa shape index (κ1) is 17.0. The molecule has 5 heteroatoms. The molecule has 134 valence electrons. The maximum absolute atomic E-state index is 13.2. The van der Waals surface area contributed by atoms with Crippen LogP contribution in [-0.4, -0.2) is 11.7 Å². The van der Waals surface area contributed by atoms with Crippen LogP contribution in [0.1, 0.15) is 49.9 Å². The van der Waals surface area contributed by atoms with Crippen molar-refractivity contribution in [2.24, 2.45) is 0 Å². The molecular formula is C21H22N2O2S. The zero-order valence-electron chi connectivity index (χ0n) is 14.8. The fraction of sp³-hybridized carbons (Fsp3) is 0.333. The van der Waals surface area contributed by atoms with Gasteiger partial charge >= 0.3 is 0 Å². The first-order valence-electron chi connectivity index (χ1n) is 9.18. The Balaban J connectivity index is 1.96. The first-order valence-corrected chi connectivity index (χ1v) is 10.1. The molecule has 1 atom stereocenters. The van der Waals surface area contributed by atoms with Crippen LogP contribution in [0.5, 0.6) is 0 Å². The van der Waals surface area contributed by atoms with Gasteiger partial charge in [-0.05, 0) is 42.8 Å². The molecule has 0 saturated heterocycles. The quantitative estimate of drug-likeness (QED) is 0.826. The maximum Gasteiger partial charge on any atom is 0.227 e. The number of anilines is 2. The Morgan fingerprint density at radius 1 is 1.23 bits per heavy atom. The molecule has 2 aliphatic rings. The van der Waals surface area contributed by atoms with E-state index in [1.54, 1.807) is 11.3 Å². The van der Waals surface area contributed by atoms with Gasteiger partial charge < -0.3 is 5.32 Å². The Morgan fingerprint density at radius 2 is 2.08 bits per heavy atom. The molecule has 26 heavy (non-hydrogen) atoms. The molecule has 1 aromatic heterocycles. The van der Waals surface area contributed by atoms with E-state index in [2.05, 4.69) is 5.32 Å². The van der Waals surface area contributed by atoms with Gasteiger partial charge in [0.05, 0.1) is 11.4 Å². The molecule has 0 saturated carbocycles. The minimum absolute atomic E-state index is 0.0623. The van der Waals surface area contributed by atoms with Crippen molar-refractivity contribution in [2.45, 2.75) is 45.1 Å². The highest BCUT2D eigenvalue weighted by molar-refractivity contribution is 7.10. The molecule has 1 unspecified atom stereocenters. The fourth-order valence-corrected chi connectivity index (χ4v) is 4.68. The summed E-state index contributed by atoms with van der Waals surface area (Å²) in [6.45, 7) is 2.01. The Morgan fingerprint density at radius 3 is 2.85 bits per heavy atom. The van der Waals surface area contributed by atoms with E-state index in [4.69, 9.17) is 0 Å². The lowest BCUT2D eigenvalue weighted by Gasteiger charge is -2.33. The summed E-state index contributed by atoms with van der Waals surface area (Å²) in [6, 6.07) is 11.5. The van der Waals surface area contributed by atoms with E-state index < -0.39 is 0 Å². The number of carbonyl (C=O) groups excluding carboxylic acids is 2. The summed E-state index contributed by atoms with van der Waals surface area (Å²) in [4.78, 5) is 29.0. The number of fused-ring (bicyclic) bond motifs is 1. The van der Waals surface area contributed by atoms with Crippen LogP contribution >= 0.6 is 11.3 Å². The van der Waals surface area contributed by atoms with Crippen molar-refractivity contribution >= 4 is 34.4 Å². The van der Waals surface area contributed by atoms with Gasteiger partial charge in [-0.15, -0.1) is 11.3 Å². The summed E-state index contributed by atoms with van der Waals surface area (Å²) in [6.07, 6.45) is 3.49. The molecule has 1 aliphatic heterocycles. The minimum atomic E-state index is -0.340. The lowest BCUT2D eigenvalue weighted by Crippen LogP contribution is -2.37. The van der Waals surface area contributed by atoms with Gasteiger partial charge in [0.15, 0.2) is 5.78 Å². The number of thiophene rings is 1. The number of rotatable bonds is 3. The second-order valence-corrected chi connectivity index (χ2v) is 7.72. The van der Waals surface area contributed by atoms with Crippen molar-refractivity contribution in [3.8, 4) is 0 Å². The van der Waals surface area contributed by atoms with Crippen LogP contribution in [0.2, 0.25) is 0 Å². The number of amides is 1. The van der Waals surface area contributed by atoms with E-state index in [9.17, 15) is 9.59 Å². The summed E-state index contributed by atoms with van der Waals surface area (Å²) in [5.41, 5.74) is 3.49. The highest BCUT2D eigenvalue weighted by Gasteiger charge is 2.39. The minimum Gasteiger partial charge on any atom is -0.357 e. The molecule has 0 radical (unpaired) electrons. The summed E-state index contributed by atoms with van der Waals surface area (Å²) in [5, 5.41) is 5.49. The van der Waals surface area contributed by atoms with Crippen molar-refractivity contribution < 1.29 is 9.59 Å². The second kappa shape index (κ2) is 7.08. The second-order valence-electron chi connectivity index (χ2n) is 6.74. The van der Waals surface area contributed by atoms with E-state index in [0.29, 0.717) is 12.8 Å². The molecular weight excluding hydrogens is 344 g/mol. The number of hydrogen-bond donors (Lipinski definition) is 1. The highest BCUT2D eigenvalue weighted by Crippen LogP contribution is 2.45. The Bertz CT molecular complexity index is 870. The normalized spacial score (nSPS) is 19.5. The molecule has 1 N–H and O–H groups in total. The van der Waals surface area contributed by atoms with Gasteiger partial charge in [-0.25, -0.2) is 0 Å². The summed E-state index contributed by atoms with van der Waals surface area (Å²) in [7, 11) is 0. The molecule has 4 rings (SSSR count). The average Bonchev–Trinajstić information content (AvgIpc) is 3.11. The monoisotopic (exact) mass is 366 g/mol. The standard InChI is InChI=1S/C21H22N2O2S/c1-2-7-19(25)23-16-10-4-3-8-14(16)22-15-9-5-11-17(24)20(15)21(23)18-12-6-13-26-18/h3-4,6,8,10,12-13,21-22H,2,5,7,9,11H2,1H3. The van der Waals surface area contributed by atoms with Gasteiger partial charge in [0.1, 0.15) is 6.04 Å². The molecule has 0 fully saturated rings. The van der Waals surface area contributed by atoms with Gasteiger partial charge in [0.25, 0.3) is 0 Å². The van der Waals surface area contributed by atoms with Crippen LogP contribution in [0.15, 0.2) is 53.0 Å². The Kier molecular flexibility index (Phi) is 4.64. The SMILES string of the molecule is CCCC(=O)N1c2ccccc2NC2=C(C(=O)CCC2)C1c1cccs1. The number of Topliss-reactive ketones (excluding diaryl/α,β-unsaturated/α-hetero) is 1. The number of carbonyl (C=O) groups is 2. The van der Waals surface area contributed by atoms with Crippen molar-refractivity contribution in [3.05, 3.63) is 57.9 Å². The zero-order valence-corrected chi connectivity index (χ0v) is 15.6. The molecule has 1 amide bonds. The molecule has 0 bridgehead atoms. The van der Waals surface area contributed by atoms with Gasteiger partial charge in [0, 0.05) is 29.0 Å². The van der Waals surface area contributed by atoms with Crippen LogP contribution in [-0.2, 0) is 9.59 Å². The van der Waals surface area contributed by atoms with Crippen molar-refractivity contribution in [3.63, 3.8) is 0 Å². The number of benzene rings is 1. The van der Waals surface area contributed by atoms with E-state index in [0.717, 1.165) is 46.8 Å². The number of nitrogens with one attached hydrogen (secondary N) is 1. The molecule has 1 aromatic carbocycles. The number of ketones is 1. The third-order valence-electron chi connectivity index (χ3n) is 4.98. The first-order chi connectivity index (χ1) is 12.7. The third kappa shape index (κ3) is 2.86. The summed E-state index contributed by atoms with van der Waals surface area (Å²) >= 11 is 1.60. The number of allylic oxidation sites excluding steroid dienone is 1. The van der Waals surface area contributed by atoms with E-state index in [-0.39, 0.29) is 17.7 Å². The van der Waals surface area contributed by atoms with Crippen LogP contribution in [0.4, 0.5) is 11.4 Å². The highest BCUT2D eigenvalue weighted by atomic mass is 32.1. The largest absolute Gasteiger partial charge is 0.357 e. The van der Waals surface area contributed by atoms with Crippen LogP contribution < -0.4 is 10.2 Å². The van der Waals surface area contributed by atoms with E-state index in [1.807, 2.05) is 53.6 Å². The fourth-order valence-electron chi connectivity index (χ4n) is 3.86. The van der Waals surface area contributed by atoms with Crippen LogP contribution in [0.25, 0.3) is 0 Å². The van der Waals surface area contributed by atoms with Crippen LogP contribution in [0, 0.1) is 0 Å². The lowest BCUT2D eigenvalue weighted by molar-refractivity contribution is -0.119. The number of nitrogens with zero attached hydrogens (tertiary/aromatic N) is 1. The maximum atomic E-state index is 13.2. The van der Waals surface area contributed by atoms with Crippen molar-refractivity contribution in [1.82, 2.24) is 0 Å². The Hall–Kier alpha value is -2.40. The van der Waals surface area contributed by atoms with Gasteiger partial charge in [-0.2, -0.15) is 0 Å². The third-order valence-corrected chi connectivity index (χ3v) is 5.91. The molecule has 2 aromatic rings. The summed E-state index contributed by atoms with van der Waals surface area (Å²) in [5.74, 6) is 0.214. The van der Waals surface area contributed by atoms with E-state index >= 15 is 0 Å². The smallest absolute Gasteiger partial charge is 0.227 e. The predicted octanol–water partition coefficient (Wildman–Crippen LogP) is 5.06. The molecule has 0 spiro atoms. The number of hydrogen-bond acceptors (Lipinski definition) is 4. The number of para-hydroxylation sites is 2. The summed E-state index contributed by atoms with van der Waals surface area (Å²) < 4.78 is 0. The lowest BCUT2D eigenvalue weighted by atomic mass is 9.88. The zero-order chi connectivity index (χ0) is 18.1. The van der Waals surface area contributed by atoms with Gasteiger partial charge in [-0.3, -0.25) is 14.5 Å². The molecule has 2 heterocycles. The topological polar surface area (TPSA) is 49.4 Å². The van der Waals surface area contributed by atoms with Crippen LogP contribution in [0.3, 0.4) is 0 Å².